The summed E-state index contributed by atoms with van der Waals surface area (Å²) >= 11 is 0. The fourth-order valence-corrected chi connectivity index (χ4v) is 3.15. The molecule has 118 valence electrons. The lowest BCUT2D eigenvalue weighted by Gasteiger charge is -2.34. The van der Waals surface area contributed by atoms with Gasteiger partial charge >= 0.3 is 0 Å². The van der Waals surface area contributed by atoms with E-state index in [0.717, 1.165) is 6.54 Å². The van der Waals surface area contributed by atoms with Crippen molar-refractivity contribution < 1.29 is 0 Å². The Balaban J connectivity index is 2.08. The largest absolute Gasteiger partial charge is 0.312 e. The van der Waals surface area contributed by atoms with Gasteiger partial charge in [-0.05, 0) is 81.0 Å². The van der Waals surface area contributed by atoms with Crippen molar-refractivity contribution in [3.63, 3.8) is 0 Å². The number of hydrogen-bond acceptors (Lipinski definition) is 1. The predicted molar refractivity (Wildman–Crippen MR) is 92.9 cm³/mol. The number of rotatable bonds is 4. The number of benzene rings is 1. The van der Waals surface area contributed by atoms with Gasteiger partial charge in [-0.1, -0.05) is 39.0 Å². The van der Waals surface area contributed by atoms with E-state index in [0.29, 0.717) is 11.3 Å². The predicted octanol–water partition coefficient (Wildman–Crippen LogP) is 4.77. The number of hydrogen-bond donors (Lipinski definition) is 1. The molecule has 0 amide bonds. The van der Waals surface area contributed by atoms with Crippen molar-refractivity contribution in [1.82, 2.24) is 5.32 Å². The topological polar surface area (TPSA) is 12.0 Å². The Morgan fingerprint density at radius 1 is 1.00 bits per heavy atom. The maximum Gasteiger partial charge on any atom is 0.00966 e. The van der Waals surface area contributed by atoms with Crippen LogP contribution in [0.1, 0.15) is 64.7 Å². The Hall–Kier alpha value is -0.820. The standard InChI is InChI=1S/C20H33N/c1-19(2,3)18(14-21-20(4,5)6)13-15-10-11-16-8-7-9-17(16)12-15/h10-12,18,21H,7-9,13-14H2,1-6H3. The molecule has 1 aliphatic carbocycles. The summed E-state index contributed by atoms with van der Waals surface area (Å²) in [6.45, 7) is 15.0. The summed E-state index contributed by atoms with van der Waals surface area (Å²) in [4.78, 5) is 0. The summed E-state index contributed by atoms with van der Waals surface area (Å²) in [6, 6.07) is 7.20. The van der Waals surface area contributed by atoms with Crippen LogP contribution < -0.4 is 5.32 Å². The normalized spacial score (nSPS) is 16.9. The van der Waals surface area contributed by atoms with Gasteiger partial charge in [0, 0.05) is 5.54 Å². The number of fused-ring (bicyclic) bond motifs is 1. The second-order valence-corrected chi connectivity index (χ2v) is 8.85. The molecule has 0 saturated heterocycles. The first kappa shape index (κ1) is 16.5. The molecule has 1 atom stereocenters. The zero-order valence-electron chi connectivity index (χ0n) is 14.8. The molecule has 1 aliphatic rings. The molecule has 21 heavy (non-hydrogen) atoms. The smallest absolute Gasteiger partial charge is 0.00966 e. The van der Waals surface area contributed by atoms with Crippen LogP contribution in [-0.2, 0) is 19.3 Å². The molecule has 1 nitrogen and oxygen atoms in total. The van der Waals surface area contributed by atoms with Crippen LogP contribution in [-0.4, -0.2) is 12.1 Å². The third-order valence-corrected chi connectivity index (χ3v) is 4.75. The Morgan fingerprint density at radius 3 is 2.29 bits per heavy atom. The highest BCUT2D eigenvalue weighted by Crippen LogP contribution is 2.31. The first-order chi connectivity index (χ1) is 9.65. The quantitative estimate of drug-likeness (QED) is 0.841. The highest BCUT2D eigenvalue weighted by Gasteiger charge is 2.26. The fourth-order valence-electron chi connectivity index (χ4n) is 3.15. The van der Waals surface area contributed by atoms with Crippen LogP contribution in [0.5, 0.6) is 0 Å². The molecule has 1 heteroatoms. The first-order valence-corrected chi connectivity index (χ1v) is 8.51. The Bertz CT molecular complexity index is 474. The first-order valence-electron chi connectivity index (χ1n) is 8.51. The summed E-state index contributed by atoms with van der Waals surface area (Å²) in [5.41, 5.74) is 5.23. The van der Waals surface area contributed by atoms with Gasteiger partial charge in [0.15, 0.2) is 0 Å². The minimum atomic E-state index is 0.196. The van der Waals surface area contributed by atoms with Gasteiger partial charge in [-0.3, -0.25) is 0 Å². The molecule has 0 saturated carbocycles. The van der Waals surface area contributed by atoms with Gasteiger partial charge in [0.05, 0.1) is 0 Å². The summed E-state index contributed by atoms with van der Waals surface area (Å²) in [6.07, 6.45) is 5.08. The van der Waals surface area contributed by atoms with Crippen molar-refractivity contribution in [3.8, 4) is 0 Å². The van der Waals surface area contributed by atoms with Crippen LogP contribution in [0.3, 0.4) is 0 Å². The maximum absolute atomic E-state index is 3.70. The zero-order chi connectivity index (χ0) is 15.7. The van der Waals surface area contributed by atoms with Gasteiger partial charge in [0.25, 0.3) is 0 Å². The monoisotopic (exact) mass is 287 g/mol. The van der Waals surface area contributed by atoms with E-state index in [2.05, 4.69) is 65.1 Å². The molecule has 1 aromatic carbocycles. The lowest BCUT2D eigenvalue weighted by Crippen LogP contribution is -2.42. The van der Waals surface area contributed by atoms with Gasteiger partial charge in [0.1, 0.15) is 0 Å². The molecule has 2 rings (SSSR count). The average Bonchev–Trinajstić information content (AvgIpc) is 2.79. The number of aryl methyl sites for hydroxylation is 2. The van der Waals surface area contributed by atoms with Crippen molar-refractivity contribution in [1.29, 1.82) is 0 Å². The average molecular weight is 287 g/mol. The van der Waals surface area contributed by atoms with Crippen LogP contribution >= 0.6 is 0 Å². The van der Waals surface area contributed by atoms with Crippen LogP contribution in [0, 0.1) is 11.3 Å². The van der Waals surface area contributed by atoms with E-state index in [1.54, 1.807) is 11.1 Å². The molecule has 1 unspecified atom stereocenters. The highest BCUT2D eigenvalue weighted by molar-refractivity contribution is 5.35. The SMILES string of the molecule is CC(C)(C)NCC(Cc1ccc2c(c1)CCC2)C(C)(C)C. The van der Waals surface area contributed by atoms with Gasteiger partial charge in [-0.15, -0.1) is 0 Å². The number of nitrogens with one attached hydrogen (secondary N) is 1. The van der Waals surface area contributed by atoms with Gasteiger partial charge in [-0.2, -0.15) is 0 Å². The molecule has 1 N–H and O–H groups in total. The third kappa shape index (κ3) is 4.85. The molecule has 0 heterocycles. The lowest BCUT2D eigenvalue weighted by molar-refractivity contribution is 0.214. The summed E-state index contributed by atoms with van der Waals surface area (Å²) < 4.78 is 0. The van der Waals surface area contributed by atoms with Crippen molar-refractivity contribution >= 4 is 0 Å². The minimum absolute atomic E-state index is 0.196. The van der Waals surface area contributed by atoms with Crippen molar-refractivity contribution in [2.45, 2.75) is 72.8 Å². The van der Waals surface area contributed by atoms with Crippen LogP contribution in [0.15, 0.2) is 18.2 Å². The molecule has 0 radical (unpaired) electrons. The van der Waals surface area contributed by atoms with Crippen molar-refractivity contribution in [2.75, 3.05) is 6.54 Å². The van der Waals surface area contributed by atoms with Gasteiger partial charge < -0.3 is 5.32 Å². The Kier molecular flexibility index (Phi) is 4.82. The zero-order valence-corrected chi connectivity index (χ0v) is 14.8. The van der Waals surface area contributed by atoms with Crippen molar-refractivity contribution in [3.05, 3.63) is 34.9 Å². The third-order valence-electron chi connectivity index (χ3n) is 4.75. The van der Waals surface area contributed by atoms with E-state index in [-0.39, 0.29) is 5.54 Å². The van der Waals surface area contributed by atoms with Crippen molar-refractivity contribution in [2.24, 2.45) is 11.3 Å². The lowest BCUT2D eigenvalue weighted by atomic mass is 9.76. The summed E-state index contributed by atoms with van der Waals surface area (Å²) in [5, 5.41) is 3.70. The molecule has 0 spiro atoms. The Morgan fingerprint density at radius 2 is 1.67 bits per heavy atom. The molecule has 0 fully saturated rings. The molecule has 1 aromatic rings. The molecule has 0 bridgehead atoms. The minimum Gasteiger partial charge on any atom is -0.312 e. The highest BCUT2D eigenvalue weighted by atomic mass is 14.9. The molecule has 0 aromatic heterocycles. The van der Waals surface area contributed by atoms with E-state index in [1.165, 1.54) is 31.2 Å². The summed E-state index contributed by atoms with van der Waals surface area (Å²) in [7, 11) is 0. The van der Waals surface area contributed by atoms with E-state index in [4.69, 9.17) is 0 Å². The van der Waals surface area contributed by atoms with Gasteiger partial charge in [0.2, 0.25) is 0 Å². The second kappa shape index (κ2) is 6.12. The maximum atomic E-state index is 3.70. The molecule has 0 aliphatic heterocycles. The molecular formula is C20H33N. The molecular weight excluding hydrogens is 254 g/mol. The Labute approximate surface area is 131 Å². The van der Waals surface area contributed by atoms with Gasteiger partial charge in [-0.25, -0.2) is 0 Å². The van der Waals surface area contributed by atoms with E-state index in [9.17, 15) is 0 Å². The van der Waals surface area contributed by atoms with Crippen LogP contribution in [0.25, 0.3) is 0 Å². The van der Waals surface area contributed by atoms with Crippen LogP contribution in [0.2, 0.25) is 0 Å². The van der Waals surface area contributed by atoms with E-state index < -0.39 is 0 Å². The van der Waals surface area contributed by atoms with E-state index in [1.807, 2.05) is 0 Å². The van der Waals surface area contributed by atoms with Crippen LogP contribution in [0.4, 0.5) is 0 Å². The summed E-state index contributed by atoms with van der Waals surface area (Å²) in [5.74, 6) is 0.663. The van der Waals surface area contributed by atoms with E-state index >= 15 is 0 Å². The fraction of sp³-hybridized carbons (Fsp3) is 0.700. The second-order valence-electron chi connectivity index (χ2n) is 8.85.